The summed E-state index contributed by atoms with van der Waals surface area (Å²) in [5.74, 6) is 0.491. The molecule has 0 saturated carbocycles. The number of morpholine rings is 1. The molecule has 0 atom stereocenters. The van der Waals surface area contributed by atoms with Crippen LogP contribution in [0.4, 0.5) is 10.8 Å². The second-order valence-electron chi connectivity index (χ2n) is 10.1. The highest BCUT2D eigenvalue weighted by atomic mass is 32.2. The second kappa shape index (κ2) is 11.8. The van der Waals surface area contributed by atoms with Gasteiger partial charge in [-0.2, -0.15) is 0 Å². The minimum absolute atomic E-state index is 0.164. The monoisotopic (exact) mass is 592 g/mol. The molecule has 1 fully saturated rings. The van der Waals surface area contributed by atoms with Crippen LogP contribution < -0.4 is 13.9 Å². The molecule has 3 heterocycles. The Morgan fingerprint density at radius 3 is 2.61 bits per heavy atom. The molecule has 214 valence electrons. The molecule has 0 spiro atoms. The number of fused-ring (bicyclic) bond motifs is 2. The van der Waals surface area contributed by atoms with Crippen LogP contribution in [0.15, 0.2) is 71.6 Å². The average Bonchev–Trinajstić information content (AvgIpc) is 3.64. The Kier molecular flexibility index (Phi) is 7.94. The number of amides is 1. The number of benzene rings is 3. The van der Waals surface area contributed by atoms with E-state index >= 15 is 0 Å². The maximum Gasteiger partial charge on any atom is 0.264 e. The number of methoxy groups -OCH3 is 1. The molecular formula is C30H32N4O5S2. The number of nitrogens with zero attached hydrogens (tertiary/aromatic N) is 4. The van der Waals surface area contributed by atoms with Crippen LogP contribution in [0.1, 0.15) is 22.3 Å². The predicted molar refractivity (Wildman–Crippen MR) is 161 cm³/mol. The van der Waals surface area contributed by atoms with Gasteiger partial charge in [0.2, 0.25) is 0 Å². The highest BCUT2D eigenvalue weighted by molar-refractivity contribution is 7.92. The molecule has 1 amide bonds. The number of sulfonamides is 1. The molecule has 11 heteroatoms. The lowest BCUT2D eigenvalue weighted by atomic mass is 10.2. The Bertz CT molecular complexity index is 1650. The molecule has 0 radical (unpaired) electrons. The molecule has 4 aromatic rings. The Balaban J connectivity index is 1.25. The van der Waals surface area contributed by atoms with Crippen molar-refractivity contribution in [1.29, 1.82) is 0 Å². The number of ether oxygens (including phenoxy) is 2. The van der Waals surface area contributed by atoms with Gasteiger partial charge in [-0.1, -0.05) is 29.5 Å². The molecule has 1 saturated heterocycles. The third kappa shape index (κ3) is 5.67. The van der Waals surface area contributed by atoms with Gasteiger partial charge in [0.15, 0.2) is 5.13 Å². The summed E-state index contributed by atoms with van der Waals surface area (Å²) in [6.07, 6.45) is 1.45. The van der Waals surface area contributed by atoms with E-state index in [0.29, 0.717) is 41.6 Å². The Morgan fingerprint density at radius 1 is 1.05 bits per heavy atom. The fourth-order valence-corrected chi connectivity index (χ4v) is 7.78. The van der Waals surface area contributed by atoms with Gasteiger partial charge in [0, 0.05) is 44.4 Å². The molecule has 3 aromatic carbocycles. The van der Waals surface area contributed by atoms with Crippen molar-refractivity contribution in [2.75, 3.05) is 62.3 Å². The summed E-state index contributed by atoms with van der Waals surface area (Å²) in [5, 5.41) is 0.602. The summed E-state index contributed by atoms with van der Waals surface area (Å²) < 4.78 is 40.2. The third-order valence-electron chi connectivity index (χ3n) is 7.55. The Morgan fingerprint density at radius 2 is 1.83 bits per heavy atom. The lowest BCUT2D eigenvalue weighted by Gasteiger charge is -2.27. The van der Waals surface area contributed by atoms with E-state index in [2.05, 4.69) is 4.90 Å². The largest absolute Gasteiger partial charge is 0.497 e. The number of para-hydroxylation sites is 1. The SMILES string of the molecule is COc1ccc2sc(N(CCCN3CCOCC3)C(=O)c3ccc(S(=O)(=O)N4CCc5ccccc54)cc3)nc2c1. The highest BCUT2D eigenvalue weighted by Gasteiger charge is 2.31. The average molecular weight is 593 g/mol. The normalized spacial score (nSPS) is 15.7. The summed E-state index contributed by atoms with van der Waals surface area (Å²) in [4.78, 5) is 22.9. The van der Waals surface area contributed by atoms with E-state index in [0.717, 1.165) is 55.0 Å². The Labute approximate surface area is 244 Å². The van der Waals surface area contributed by atoms with Crippen molar-refractivity contribution >= 4 is 48.3 Å². The standard InChI is InChI=1S/C30H32N4O5S2/c1-38-24-9-12-28-26(21-24)31-30(40-28)33(15-4-14-32-17-19-39-20-18-32)29(35)23-7-10-25(11-8-23)41(36,37)34-16-13-22-5-2-3-6-27(22)34/h2-3,5-12,21H,4,13-20H2,1H3. The van der Waals surface area contributed by atoms with Crippen molar-refractivity contribution in [3.8, 4) is 5.75 Å². The third-order valence-corrected chi connectivity index (χ3v) is 10.4. The summed E-state index contributed by atoms with van der Waals surface area (Å²) in [6.45, 7) is 4.94. The van der Waals surface area contributed by atoms with Crippen molar-refractivity contribution in [2.24, 2.45) is 0 Å². The number of anilines is 2. The zero-order chi connectivity index (χ0) is 28.4. The van der Waals surface area contributed by atoms with Gasteiger partial charge in [-0.3, -0.25) is 18.9 Å². The van der Waals surface area contributed by atoms with Crippen LogP contribution in [0.5, 0.6) is 5.75 Å². The van der Waals surface area contributed by atoms with Crippen molar-refractivity contribution in [2.45, 2.75) is 17.7 Å². The van der Waals surface area contributed by atoms with Crippen LogP contribution >= 0.6 is 11.3 Å². The van der Waals surface area contributed by atoms with E-state index in [1.165, 1.54) is 27.8 Å². The van der Waals surface area contributed by atoms with Crippen molar-refractivity contribution in [3.05, 3.63) is 77.9 Å². The first-order chi connectivity index (χ1) is 19.9. The summed E-state index contributed by atoms with van der Waals surface area (Å²) in [5.41, 5.74) is 2.91. The minimum Gasteiger partial charge on any atom is -0.497 e. The number of carbonyl (C=O) groups excluding carboxylic acids is 1. The van der Waals surface area contributed by atoms with E-state index in [1.807, 2.05) is 42.5 Å². The van der Waals surface area contributed by atoms with Gasteiger partial charge >= 0.3 is 0 Å². The van der Waals surface area contributed by atoms with Crippen molar-refractivity contribution in [1.82, 2.24) is 9.88 Å². The first kappa shape index (κ1) is 27.6. The van der Waals surface area contributed by atoms with Gasteiger partial charge in [0.1, 0.15) is 5.75 Å². The molecular weight excluding hydrogens is 560 g/mol. The van der Waals surface area contributed by atoms with E-state index in [1.54, 1.807) is 24.1 Å². The van der Waals surface area contributed by atoms with E-state index in [4.69, 9.17) is 14.5 Å². The van der Waals surface area contributed by atoms with Crippen LogP contribution in [0.2, 0.25) is 0 Å². The van der Waals surface area contributed by atoms with Gasteiger partial charge in [0.25, 0.3) is 15.9 Å². The molecule has 0 aliphatic carbocycles. The maximum atomic E-state index is 13.9. The molecule has 0 N–H and O–H groups in total. The summed E-state index contributed by atoms with van der Waals surface area (Å²) >= 11 is 1.45. The summed E-state index contributed by atoms with van der Waals surface area (Å²) in [7, 11) is -2.13. The van der Waals surface area contributed by atoms with Gasteiger partial charge in [-0.05, 0) is 60.9 Å². The van der Waals surface area contributed by atoms with Gasteiger partial charge < -0.3 is 9.47 Å². The van der Waals surface area contributed by atoms with Gasteiger partial charge in [0.05, 0.1) is 41.1 Å². The quantitative estimate of drug-likeness (QED) is 0.284. The number of hydrogen-bond donors (Lipinski definition) is 0. The van der Waals surface area contributed by atoms with Crippen molar-refractivity contribution < 1.29 is 22.7 Å². The van der Waals surface area contributed by atoms with E-state index in [-0.39, 0.29) is 10.8 Å². The molecule has 6 rings (SSSR count). The van der Waals surface area contributed by atoms with Crippen LogP contribution in [-0.2, 0) is 21.2 Å². The molecule has 0 unspecified atom stereocenters. The zero-order valence-corrected chi connectivity index (χ0v) is 24.5. The van der Waals surface area contributed by atoms with Crippen LogP contribution in [0.25, 0.3) is 10.2 Å². The molecule has 2 aliphatic heterocycles. The van der Waals surface area contributed by atoms with Crippen LogP contribution in [-0.4, -0.2) is 77.3 Å². The first-order valence-corrected chi connectivity index (χ1v) is 16.0. The highest BCUT2D eigenvalue weighted by Crippen LogP contribution is 2.34. The molecule has 2 aliphatic rings. The Hall–Kier alpha value is -3.51. The fraction of sp³-hybridized carbons (Fsp3) is 0.333. The minimum atomic E-state index is -3.75. The number of hydrogen-bond acceptors (Lipinski definition) is 8. The van der Waals surface area contributed by atoms with Crippen LogP contribution in [0.3, 0.4) is 0 Å². The fourth-order valence-electron chi connectivity index (χ4n) is 5.31. The first-order valence-electron chi connectivity index (χ1n) is 13.7. The lowest BCUT2D eigenvalue weighted by Crippen LogP contribution is -2.39. The smallest absolute Gasteiger partial charge is 0.264 e. The number of rotatable bonds is 9. The number of aromatic nitrogens is 1. The number of carbonyl (C=O) groups is 1. The van der Waals surface area contributed by atoms with E-state index < -0.39 is 10.0 Å². The van der Waals surface area contributed by atoms with Crippen LogP contribution in [0, 0.1) is 0 Å². The molecule has 9 nitrogen and oxygen atoms in total. The van der Waals surface area contributed by atoms with Crippen molar-refractivity contribution in [3.63, 3.8) is 0 Å². The second-order valence-corrected chi connectivity index (χ2v) is 12.9. The molecule has 0 bridgehead atoms. The topological polar surface area (TPSA) is 92.3 Å². The molecule has 1 aromatic heterocycles. The summed E-state index contributed by atoms with van der Waals surface area (Å²) in [6, 6.07) is 19.5. The van der Waals surface area contributed by atoms with Gasteiger partial charge in [-0.25, -0.2) is 13.4 Å². The molecule has 41 heavy (non-hydrogen) atoms. The predicted octanol–water partition coefficient (Wildman–Crippen LogP) is 4.43. The lowest BCUT2D eigenvalue weighted by molar-refractivity contribution is 0.0376. The number of thiazole rings is 1. The zero-order valence-electron chi connectivity index (χ0n) is 22.9. The maximum absolute atomic E-state index is 13.9. The van der Waals surface area contributed by atoms with Gasteiger partial charge in [-0.15, -0.1) is 0 Å². The van der Waals surface area contributed by atoms with E-state index in [9.17, 15) is 13.2 Å².